The highest BCUT2D eigenvalue weighted by Gasteiger charge is 2.18. The molecule has 8 nitrogen and oxygen atoms in total. The average molecular weight is 495 g/mol. The van der Waals surface area contributed by atoms with Gasteiger partial charge in [-0.25, -0.2) is 13.1 Å². The fourth-order valence-corrected chi connectivity index (χ4v) is 4.47. The zero-order valence-electron chi connectivity index (χ0n) is 19.2. The van der Waals surface area contributed by atoms with Gasteiger partial charge in [-0.05, 0) is 60.0 Å². The average Bonchev–Trinajstić information content (AvgIpc) is 3.56. The third kappa shape index (κ3) is 6.69. The van der Waals surface area contributed by atoms with Crippen molar-refractivity contribution in [2.24, 2.45) is 0 Å². The largest absolute Gasteiger partial charge is 0.468 e. The molecule has 0 aliphatic rings. The monoisotopic (exact) mass is 494 g/mol. The maximum absolute atomic E-state index is 12.9. The number of hydrogen-bond acceptors (Lipinski definition) is 6. The minimum absolute atomic E-state index is 0.00973. The normalized spacial score (nSPS) is 11.5. The number of hydrogen-bond donors (Lipinski definition) is 2. The molecule has 0 saturated heterocycles. The van der Waals surface area contributed by atoms with E-state index in [0.717, 1.165) is 16.9 Å². The number of nitrogens with one attached hydrogen (secondary N) is 2. The van der Waals surface area contributed by atoms with Crippen molar-refractivity contribution in [2.75, 3.05) is 0 Å². The zero-order chi connectivity index (χ0) is 24.7. The molecule has 35 heavy (non-hydrogen) atoms. The van der Waals surface area contributed by atoms with E-state index in [0.29, 0.717) is 30.1 Å². The van der Waals surface area contributed by atoms with Crippen molar-refractivity contribution >= 4 is 15.9 Å². The Hall–Kier alpha value is -3.66. The van der Waals surface area contributed by atoms with E-state index in [-0.39, 0.29) is 23.9 Å². The van der Waals surface area contributed by atoms with Crippen LogP contribution in [-0.4, -0.2) is 14.3 Å². The van der Waals surface area contributed by atoms with Gasteiger partial charge in [-0.2, -0.15) is 0 Å². The molecule has 0 aliphatic carbocycles. The number of carbonyl (C=O) groups excluding carboxylic acids is 1. The van der Waals surface area contributed by atoms with Crippen LogP contribution in [0.15, 0.2) is 93.0 Å². The number of amides is 1. The third-order valence-electron chi connectivity index (χ3n) is 5.32. The van der Waals surface area contributed by atoms with Crippen molar-refractivity contribution in [1.82, 2.24) is 10.0 Å². The molecular weight excluding hydrogens is 468 g/mol. The van der Waals surface area contributed by atoms with Gasteiger partial charge < -0.3 is 18.9 Å². The van der Waals surface area contributed by atoms with Gasteiger partial charge in [0.05, 0.1) is 30.6 Å². The number of aryl methyl sites for hydroxylation is 1. The van der Waals surface area contributed by atoms with Gasteiger partial charge in [0.25, 0.3) is 5.91 Å². The molecule has 0 saturated carbocycles. The molecule has 2 aromatic heterocycles. The first kappa shape index (κ1) is 24.5. The smallest absolute Gasteiger partial charge is 0.251 e. The van der Waals surface area contributed by atoms with Crippen molar-refractivity contribution in [3.63, 3.8) is 0 Å². The second-order valence-electron chi connectivity index (χ2n) is 7.96. The maximum atomic E-state index is 12.9. The van der Waals surface area contributed by atoms with Gasteiger partial charge in [-0.15, -0.1) is 0 Å². The van der Waals surface area contributed by atoms with E-state index in [1.54, 1.807) is 31.4 Å². The number of benzene rings is 2. The van der Waals surface area contributed by atoms with Gasteiger partial charge in [-0.1, -0.05) is 30.3 Å². The van der Waals surface area contributed by atoms with Crippen LogP contribution in [-0.2, 0) is 41.1 Å². The molecule has 4 rings (SSSR count). The molecule has 1 amide bonds. The first-order valence-corrected chi connectivity index (χ1v) is 12.5. The zero-order valence-corrected chi connectivity index (χ0v) is 20.0. The number of ether oxygens (including phenoxy) is 1. The highest BCUT2D eigenvalue weighted by atomic mass is 32.2. The lowest BCUT2D eigenvalue weighted by Crippen LogP contribution is -2.26. The highest BCUT2D eigenvalue weighted by Crippen LogP contribution is 2.17. The van der Waals surface area contributed by atoms with Gasteiger partial charge in [0.15, 0.2) is 0 Å². The summed E-state index contributed by atoms with van der Waals surface area (Å²) in [6.45, 7) is 2.86. The fraction of sp³-hybridized carbons (Fsp3) is 0.192. The van der Waals surface area contributed by atoms with E-state index in [1.807, 2.05) is 36.4 Å². The Labute approximate surface area is 204 Å². The van der Waals surface area contributed by atoms with Crippen LogP contribution in [0.5, 0.6) is 0 Å². The van der Waals surface area contributed by atoms with Crippen LogP contribution in [0.2, 0.25) is 0 Å². The van der Waals surface area contributed by atoms with E-state index < -0.39 is 10.0 Å². The summed E-state index contributed by atoms with van der Waals surface area (Å²) in [6, 6.07) is 19.2. The Kier molecular flexibility index (Phi) is 7.81. The molecule has 2 N–H and O–H groups in total. The Morgan fingerprint density at radius 3 is 2.34 bits per heavy atom. The van der Waals surface area contributed by atoms with Crippen LogP contribution in [0.1, 0.15) is 38.6 Å². The summed E-state index contributed by atoms with van der Waals surface area (Å²) in [5, 5.41) is 2.87. The summed E-state index contributed by atoms with van der Waals surface area (Å²) in [5.74, 6) is 0.890. The highest BCUT2D eigenvalue weighted by molar-refractivity contribution is 7.89. The Bertz CT molecular complexity index is 1360. The van der Waals surface area contributed by atoms with Gasteiger partial charge in [-0.3, -0.25) is 4.79 Å². The lowest BCUT2D eigenvalue weighted by atomic mass is 10.1. The molecule has 0 fully saturated rings. The quantitative estimate of drug-likeness (QED) is 0.322. The fourth-order valence-electron chi connectivity index (χ4n) is 3.45. The van der Waals surface area contributed by atoms with Crippen LogP contribution in [0, 0.1) is 6.92 Å². The number of carbonyl (C=O) groups is 1. The summed E-state index contributed by atoms with van der Waals surface area (Å²) in [7, 11) is -3.82. The summed E-state index contributed by atoms with van der Waals surface area (Å²) >= 11 is 0. The molecule has 0 aliphatic heterocycles. The Morgan fingerprint density at radius 1 is 0.857 bits per heavy atom. The van der Waals surface area contributed by atoms with Gasteiger partial charge in [0, 0.05) is 12.1 Å². The van der Waals surface area contributed by atoms with Crippen molar-refractivity contribution < 1.29 is 26.8 Å². The van der Waals surface area contributed by atoms with Crippen molar-refractivity contribution in [3.05, 3.63) is 113 Å². The molecular formula is C26H26N2O6S. The summed E-state index contributed by atoms with van der Waals surface area (Å²) < 4.78 is 43.9. The minimum atomic E-state index is -3.82. The lowest BCUT2D eigenvalue weighted by molar-refractivity contribution is 0.0928. The molecule has 4 aromatic rings. The van der Waals surface area contributed by atoms with Crippen LogP contribution in [0.3, 0.4) is 0 Å². The second-order valence-corrected chi connectivity index (χ2v) is 9.72. The maximum Gasteiger partial charge on any atom is 0.251 e. The molecule has 2 aromatic carbocycles. The molecule has 9 heteroatoms. The first-order chi connectivity index (χ1) is 16.9. The summed E-state index contributed by atoms with van der Waals surface area (Å²) in [4.78, 5) is 12.9. The third-order valence-corrected chi connectivity index (χ3v) is 6.72. The van der Waals surface area contributed by atoms with Gasteiger partial charge >= 0.3 is 0 Å². The molecule has 0 spiro atoms. The van der Waals surface area contributed by atoms with Crippen LogP contribution in [0.4, 0.5) is 0 Å². The van der Waals surface area contributed by atoms with Crippen molar-refractivity contribution in [1.29, 1.82) is 0 Å². The van der Waals surface area contributed by atoms with Crippen LogP contribution >= 0.6 is 0 Å². The van der Waals surface area contributed by atoms with E-state index >= 15 is 0 Å². The topological polar surface area (TPSA) is 111 Å². The molecule has 2 heterocycles. The van der Waals surface area contributed by atoms with E-state index in [9.17, 15) is 13.2 Å². The molecule has 0 bridgehead atoms. The summed E-state index contributed by atoms with van der Waals surface area (Å²) in [6.07, 6.45) is 3.08. The van der Waals surface area contributed by atoms with E-state index in [4.69, 9.17) is 13.6 Å². The Balaban J connectivity index is 1.36. The van der Waals surface area contributed by atoms with Crippen LogP contribution in [0.25, 0.3) is 0 Å². The summed E-state index contributed by atoms with van der Waals surface area (Å²) in [5.41, 5.74) is 2.84. The van der Waals surface area contributed by atoms with Crippen molar-refractivity contribution in [2.45, 2.75) is 38.1 Å². The predicted molar refractivity (Wildman–Crippen MR) is 129 cm³/mol. The lowest BCUT2D eigenvalue weighted by Gasteiger charge is -2.12. The van der Waals surface area contributed by atoms with E-state index in [2.05, 4.69) is 10.0 Å². The molecule has 182 valence electrons. The van der Waals surface area contributed by atoms with Crippen LogP contribution < -0.4 is 10.0 Å². The first-order valence-electron chi connectivity index (χ1n) is 11.0. The predicted octanol–water partition coefficient (Wildman–Crippen LogP) is 4.31. The molecule has 0 unspecified atom stereocenters. The number of rotatable bonds is 11. The van der Waals surface area contributed by atoms with E-state index in [1.165, 1.54) is 18.4 Å². The SMILES string of the molecule is Cc1ccc(S(=O)(=O)NCc2ccco2)cc1C(=O)NCc1cccc(COCc2ccco2)c1. The van der Waals surface area contributed by atoms with Gasteiger partial charge in [0.2, 0.25) is 10.0 Å². The second kappa shape index (κ2) is 11.2. The van der Waals surface area contributed by atoms with Crippen molar-refractivity contribution in [3.8, 4) is 0 Å². The number of sulfonamides is 1. The standard InChI is InChI=1S/C26H26N2O6S/c1-19-9-10-24(35(30,31)28-16-22-7-3-11-33-22)14-25(19)26(29)27-15-20-5-2-6-21(13-20)17-32-18-23-8-4-12-34-23/h2-14,28H,15-18H2,1H3,(H,27,29). The number of furan rings is 2. The molecule has 0 atom stereocenters. The van der Waals surface area contributed by atoms with Gasteiger partial charge in [0.1, 0.15) is 18.1 Å². The molecule has 0 radical (unpaired) electrons. The minimum Gasteiger partial charge on any atom is -0.468 e. The Morgan fingerprint density at radius 2 is 1.60 bits per heavy atom.